The highest BCUT2D eigenvalue weighted by molar-refractivity contribution is 5.69. The Morgan fingerprint density at radius 1 is 1.03 bits per heavy atom. The fourth-order valence-electron chi connectivity index (χ4n) is 3.19. The highest BCUT2D eigenvalue weighted by atomic mass is 16.5. The average molecular weight is 389 g/mol. The van der Waals surface area contributed by atoms with E-state index in [1.54, 1.807) is 6.07 Å². The number of hydrogen-bond donors (Lipinski definition) is 0. The number of carbonyl (C=O) groups excluding carboxylic acids is 1. The Morgan fingerprint density at radius 2 is 1.83 bits per heavy atom. The van der Waals surface area contributed by atoms with Crippen molar-refractivity contribution in [3.05, 3.63) is 78.0 Å². The predicted octanol–water partition coefficient (Wildman–Crippen LogP) is 6.29. The Hall–Kier alpha value is -3.14. The summed E-state index contributed by atoms with van der Waals surface area (Å²) in [6.07, 6.45) is 2.87. The maximum atomic E-state index is 11.2. The van der Waals surface area contributed by atoms with Crippen LogP contribution < -0.4 is 9.47 Å². The molecule has 4 nitrogen and oxygen atoms in total. The molecule has 0 spiro atoms. The molecule has 1 heterocycles. The molecule has 0 radical (unpaired) electrons. The number of pyridine rings is 1. The van der Waals surface area contributed by atoms with Crippen molar-refractivity contribution in [2.45, 2.75) is 46.1 Å². The van der Waals surface area contributed by atoms with Gasteiger partial charge in [0.2, 0.25) is 0 Å². The minimum atomic E-state index is -0.329. The molecule has 0 fully saturated rings. The van der Waals surface area contributed by atoms with Crippen molar-refractivity contribution in [2.75, 3.05) is 0 Å². The summed E-state index contributed by atoms with van der Waals surface area (Å²) in [7, 11) is 0. The van der Waals surface area contributed by atoms with Gasteiger partial charge in [-0.1, -0.05) is 49.7 Å². The normalized spacial score (nSPS) is 11.7. The van der Waals surface area contributed by atoms with Gasteiger partial charge in [0, 0.05) is 12.5 Å². The van der Waals surface area contributed by atoms with Gasteiger partial charge in [-0.25, -0.2) is 4.98 Å². The molecule has 1 unspecified atom stereocenters. The van der Waals surface area contributed by atoms with Gasteiger partial charge in [-0.2, -0.15) is 0 Å². The number of esters is 1. The number of carbonyl (C=O) groups is 1. The van der Waals surface area contributed by atoms with Crippen molar-refractivity contribution in [2.24, 2.45) is 0 Å². The molecular weight excluding hydrogens is 362 g/mol. The maximum absolute atomic E-state index is 11.2. The zero-order chi connectivity index (χ0) is 20.6. The molecule has 0 saturated carbocycles. The van der Waals surface area contributed by atoms with Crippen LogP contribution in [-0.4, -0.2) is 11.0 Å². The van der Waals surface area contributed by atoms with Gasteiger partial charge >= 0.3 is 5.97 Å². The molecule has 0 aliphatic rings. The van der Waals surface area contributed by atoms with Gasteiger partial charge in [0.1, 0.15) is 17.6 Å². The molecule has 3 rings (SSSR count). The van der Waals surface area contributed by atoms with E-state index in [1.807, 2.05) is 55.5 Å². The molecule has 1 aromatic heterocycles. The van der Waals surface area contributed by atoms with Gasteiger partial charge in [-0.3, -0.25) is 4.79 Å². The molecule has 0 aliphatic carbocycles. The summed E-state index contributed by atoms with van der Waals surface area (Å²) in [6, 6.07) is 21.7. The van der Waals surface area contributed by atoms with Crippen molar-refractivity contribution in [1.29, 1.82) is 0 Å². The summed E-state index contributed by atoms with van der Waals surface area (Å²) >= 11 is 0. The summed E-state index contributed by atoms with van der Waals surface area (Å²) in [5.41, 5.74) is 3.80. The van der Waals surface area contributed by atoms with E-state index in [4.69, 9.17) is 14.5 Å². The molecule has 0 aliphatic heterocycles. The largest absolute Gasteiger partial charge is 0.484 e. The van der Waals surface area contributed by atoms with Crippen LogP contribution in [0.5, 0.6) is 11.5 Å². The van der Waals surface area contributed by atoms with Gasteiger partial charge in [0.05, 0.1) is 11.4 Å². The van der Waals surface area contributed by atoms with Gasteiger partial charge in [-0.15, -0.1) is 0 Å². The van der Waals surface area contributed by atoms with E-state index in [0.717, 1.165) is 47.5 Å². The summed E-state index contributed by atoms with van der Waals surface area (Å²) in [4.78, 5) is 16.1. The van der Waals surface area contributed by atoms with Crippen LogP contribution in [0.2, 0.25) is 0 Å². The minimum Gasteiger partial charge on any atom is -0.484 e. The van der Waals surface area contributed by atoms with Crippen LogP contribution in [0.15, 0.2) is 66.7 Å². The SMILES string of the molecule is CCCCC(Oc1ccc(OC(C)=O)c(C)c1)c1cccc(-c2ccccc2)n1. The third-order valence-corrected chi connectivity index (χ3v) is 4.67. The number of aryl methyl sites for hydroxylation is 1. The second-order valence-corrected chi connectivity index (χ2v) is 7.08. The van der Waals surface area contributed by atoms with E-state index in [-0.39, 0.29) is 12.1 Å². The Bertz CT molecular complexity index is 953. The standard InChI is InChI=1S/C25H27NO3/c1-4-5-14-25(29-21-15-16-24(18(2)17-21)28-19(3)27)23-13-9-12-22(26-23)20-10-7-6-8-11-20/h6-13,15-17,25H,4-5,14H2,1-3H3. The lowest BCUT2D eigenvalue weighted by molar-refractivity contribution is -0.131. The Balaban J connectivity index is 1.85. The van der Waals surface area contributed by atoms with Gasteiger partial charge in [0.25, 0.3) is 0 Å². The molecule has 0 amide bonds. The smallest absolute Gasteiger partial charge is 0.308 e. The fourth-order valence-corrected chi connectivity index (χ4v) is 3.19. The summed E-state index contributed by atoms with van der Waals surface area (Å²) in [6.45, 7) is 5.47. The van der Waals surface area contributed by atoms with E-state index in [2.05, 4.69) is 19.1 Å². The van der Waals surface area contributed by atoms with Crippen LogP contribution in [0.25, 0.3) is 11.3 Å². The van der Waals surface area contributed by atoms with Crippen LogP contribution in [0, 0.1) is 6.92 Å². The lowest BCUT2D eigenvalue weighted by Gasteiger charge is -2.20. The first kappa shape index (κ1) is 20.6. The maximum Gasteiger partial charge on any atom is 0.308 e. The quantitative estimate of drug-likeness (QED) is 0.335. The van der Waals surface area contributed by atoms with E-state index >= 15 is 0 Å². The lowest BCUT2D eigenvalue weighted by Crippen LogP contribution is -2.10. The Labute approximate surface area is 172 Å². The summed E-state index contributed by atoms with van der Waals surface area (Å²) in [5, 5.41) is 0. The van der Waals surface area contributed by atoms with E-state index < -0.39 is 0 Å². The number of benzene rings is 2. The summed E-state index contributed by atoms with van der Waals surface area (Å²) in [5.74, 6) is 0.968. The molecule has 150 valence electrons. The number of aromatic nitrogens is 1. The highest BCUT2D eigenvalue weighted by Gasteiger charge is 2.16. The molecule has 0 N–H and O–H groups in total. The van der Waals surface area contributed by atoms with Crippen molar-refractivity contribution in [1.82, 2.24) is 4.98 Å². The average Bonchev–Trinajstić information content (AvgIpc) is 2.73. The highest BCUT2D eigenvalue weighted by Crippen LogP contribution is 2.30. The third-order valence-electron chi connectivity index (χ3n) is 4.67. The second kappa shape index (κ2) is 9.87. The monoisotopic (exact) mass is 389 g/mol. The first-order valence-corrected chi connectivity index (χ1v) is 10.0. The topological polar surface area (TPSA) is 48.4 Å². The molecule has 4 heteroatoms. The minimum absolute atomic E-state index is 0.141. The van der Waals surface area contributed by atoms with E-state index in [0.29, 0.717) is 5.75 Å². The van der Waals surface area contributed by atoms with Crippen molar-refractivity contribution in [3.8, 4) is 22.8 Å². The lowest BCUT2D eigenvalue weighted by atomic mass is 10.1. The Kier molecular flexibility index (Phi) is 7.01. The van der Waals surface area contributed by atoms with Crippen molar-refractivity contribution >= 4 is 5.97 Å². The molecule has 3 aromatic rings. The zero-order valence-corrected chi connectivity index (χ0v) is 17.2. The van der Waals surface area contributed by atoms with Crippen LogP contribution in [0.4, 0.5) is 0 Å². The number of nitrogens with zero attached hydrogens (tertiary/aromatic N) is 1. The number of unbranched alkanes of at least 4 members (excludes halogenated alkanes) is 1. The molecule has 1 atom stereocenters. The van der Waals surface area contributed by atoms with Gasteiger partial charge in [0.15, 0.2) is 0 Å². The van der Waals surface area contributed by atoms with E-state index in [9.17, 15) is 4.79 Å². The van der Waals surface area contributed by atoms with Crippen molar-refractivity contribution < 1.29 is 14.3 Å². The van der Waals surface area contributed by atoms with E-state index in [1.165, 1.54) is 6.92 Å². The molecular formula is C25H27NO3. The first-order chi connectivity index (χ1) is 14.1. The predicted molar refractivity (Wildman–Crippen MR) is 115 cm³/mol. The molecule has 0 saturated heterocycles. The Morgan fingerprint density at radius 3 is 2.52 bits per heavy atom. The fraction of sp³-hybridized carbons (Fsp3) is 0.280. The first-order valence-electron chi connectivity index (χ1n) is 10.0. The third kappa shape index (κ3) is 5.67. The number of hydrogen-bond acceptors (Lipinski definition) is 4. The molecule has 29 heavy (non-hydrogen) atoms. The van der Waals surface area contributed by atoms with Crippen LogP contribution in [0.1, 0.15) is 50.5 Å². The van der Waals surface area contributed by atoms with Crippen LogP contribution >= 0.6 is 0 Å². The molecule has 0 bridgehead atoms. The van der Waals surface area contributed by atoms with Crippen LogP contribution in [0.3, 0.4) is 0 Å². The summed E-state index contributed by atoms with van der Waals surface area (Å²) < 4.78 is 11.5. The number of rotatable bonds is 8. The van der Waals surface area contributed by atoms with Crippen molar-refractivity contribution in [3.63, 3.8) is 0 Å². The van der Waals surface area contributed by atoms with Crippen LogP contribution in [-0.2, 0) is 4.79 Å². The van der Waals surface area contributed by atoms with Gasteiger partial charge in [-0.05, 0) is 55.7 Å². The number of ether oxygens (including phenoxy) is 2. The van der Waals surface area contributed by atoms with Gasteiger partial charge < -0.3 is 9.47 Å². The zero-order valence-electron chi connectivity index (χ0n) is 17.2. The second-order valence-electron chi connectivity index (χ2n) is 7.08. The molecule has 2 aromatic carbocycles.